The van der Waals surface area contributed by atoms with E-state index in [-0.39, 0.29) is 11.9 Å². The van der Waals surface area contributed by atoms with E-state index in [0.717, 1.165) is 10.4 Å². The lowest BCUT2D eigenvalue weighted by Gasteiger charge is -2.30. The minimum absolute atomic E-state index is 0.0350. The van der Waals surface area contributed by atoms with Crippen LogP contribution < -0.4 is 10.1 Å². The van der Waals surface area contributed by atoms with E-state index in [4.69, 9.17) is 4.74 Å². The summed E-state index contributed by atoms with van der Waals surface area (Å²) in [6.07, 6.45) is 2.44. The van der Waals surface area contributed by atoms with Crippen LogP contribution in [-0.4, -0.2) is 50.6 Å². The van der Waals surface area contributed by atoms with Gasteiger partial charge in [-0.25, -0.2) is 12.7 Å². The number of nitrogens with zero attached hydrogens (tertiary/aromatic N) is 1. The van der Waals surface area contributed by atoms with Crippen molar-refractivity contribution in [1.29, 1.82) is 0 Å². The summed E-state index contributed by atoms with van der Waals surface area (Å²) < 4.78 is 30.4. The zero-order valence-electron chi connectivity index (χ0n) is 15.5. The molecule has 1 aromatic heterocycles. The van der Waals surface area contributed by atoms with Gasteiger partial charge in [0.15, 0.2) is 0 Å². The predicted octanol–water partition coefficient (Wildman–Crippen LogP) is 2.97. The van der Waals surface area contributed by atoms with Crippen LogP contribution in [0, 0.1) is 0 Å². The Morgan fingerprint density at radius 1 is 1.26 bits per heavy atom. The van der Waals surface area contributed by atoms with Gasteiger partial charge in [-0.15, -0.1) is 11.3 Å². The van der Waals surface area contributed by atoms with E-state index >= 15 is 0 Å². The molecule has 1 amide bonds. The summed E-state index contributed by atoms with van der Waals surface area (Å²) >= 11 is 1.41. The SMILES string of the molecule is CCOc1cc(-c2ccccc2)sc1C(=O)NC1CCN(S(C)(=O)=O)CC1. The third-order valence-electron chi connectivity index (χ3n) is 4.52. The summed E-state index contributed by atoms with van der Waals surface area (Å²) in [6, 6.07) is 11.8. The number of rotatable bonds is 6. The molecule has 2 aromatic rings. The highest BCUT2D eigenvalue weighted by Gasteiger charge is 2.27. The topological polar surface area (TPSA) is 75.7 Å². The van der Waals surface area contributed by atoms with Gasteiger partial charge in [-0.2, -0.15) is 0 Å². The molecule has 27 heavy (non-hydrogen) atoms. The number of carbonyl (C=O) groups is 1. The summed E-state index contributed by atoms with van der Waals surface area (Å²) in [7, 11) is -3.17. The van der Waals surface area contributed by atoms with Crippen molar-refractivity contribution in [2.45, 2.75) is 25.8 Å². The highest BCUT2D eigenvalue weighted by molar-refractivity contribution is 7.88. The number of amides is 1. The molecule has 146 valence electrons. The molecule has 3 rings (SSSR count). The maximum Gasteiger partial charge on any atom is 0.265 e. The average Bonchev–Trinajstić information content (AvgIpc) is 3.07. The lowest BCUT2D eigenvalue weighted by Crippen LogP contribution is -2.46. The molecule has 0 aliphatic carbocycles. The maximum atomic E-state index is 12.8. The molecule has 0 atom stereocenters. The standard InChI is InChI=1S/C19H24N2O4S2/c1-3-25-16-13-17(14-7-5-4-6-8-14)26-18(16)19(22)20-15-9-11-21(12-10-15)27(2,23)24/h4-8,13,15H,3,9-12H2,1-2H3,(H,20,22). The van der Waals surface area contributed by atoms with Gasteiger partial charge in [0.1, 0.15) is 10.6 Å². The molecule has 0 bridgehead atoms. The van der Waals surface area contributed by atoms with Crippen molar-refractivity contribution in [3.63, 3.8) is 0 Å². The van der Waals surface area contributed by atoms with E-state index in [9.17, 15) is 13.2 Å². The second-order valence-corrected chi connectivity index (χ2v) is 9.55. The quantitative estimate of drug-likeness (QED) is 0.797. The summed E-state index contributed by atoms with van der Waals surface area (Å²) in [4.78, 5) is 14.4. The molecule has 0 spiro atoms. The van der Waals surface area contributed by atoms with Crippen LogP contribution in [0.1, 0.15) is 29.4 Å². The van der Waals surface area contributed by atoms with Crippen LogP contribution in [0.25, 0.3) is 10.4 Å². The van der Waals surface area contributed by atoms with Gasteiger partial charge in [-0.05, 0) is 31.4 Å². The summed E-state index contributed by atoms with van der Waals surface area (Å²) in [5.41, 5.74) is 1.05. The summed E-state index contributed by atoms with van der Waals surface area (Å²) in [5.74, 6) is 0.427. The van der Waals surface area contributed by atoms with Crippen LogP contribution in [-0.2, 0) is 10.0 Å². The van der Waals surface area contributed by atoms with E-state index in [1.807, 2.05) is 43.3 Å². The molecule has 8 heteroatoms. The number of nitrogens with one attached hydrogen (secondary N) is 1. The van der Waals surface area contributed by atoms with Crippen LogP contribution in [0.15, 0.2) is 36.4 Å². The Morgan fingerprint density at radius 2 is 1.93 bits per heavy atom. The number of ether oxygens (including phenoxy) is 1. The van der Waals surface area contributed by atoms with Crippen LogP contribution in [0.5, 0.6) is 5.75 Å². The highest BCUT2D eigenvalue weighted by Crippen LogP contribution is 2.36. The first-order chi connectivity index (χ1) is 12.9. The molecule has 2 heterocycles. The Hall–Kier alpha value is -1.90. The van der Waals surface area contributed by atoms with E-state index < -0.39 is 10.0 Å². The van der Waals surface area contributed by atoms with Gasteiger partial charge in [-0.3, -0.25) is 4.79 Å². The van der Waals surface area contributed by atoms with Crippen molar-refractivity contribution in [1.82, 2.24) is 9.62 Å². The fourth-order valence-electron chi connectivity index (χ4n) is 3.12. The largest absolute Gasteiger partial charge is 0.492 e. The molecule has 1 aliphatic heterocycles. The number of thiophene rings is 1. The first-order valence-electron chi connectivity index (χ1n) is 8.96. The van der Waals surface area contributed by atoms with E-state index in [0.29, 0.717) is 43.2 Å². The second kappa shape index (κ2) is 8.41. The molecule has 0 radical (unpaired) electrons. The van der Waals surface area contributed by atoms with Gasteiger partial charge in [0.2, 0.25) is 10.0 Å². The molecule has 1 N–H and O–H groups in total. The molecule has 0 saturated carbocycles. The minimum Gasteiger partial charge on any atom is -0.492 e. The van der Waals surface area contributed by atoms with Gasteiger partial charge in [-0.1, -0.05) is 30.3 Å². The fourth-order valence-corrected chi connectivity index (χ4v) is 5.01. The van der Waals surface area contributed by atoms with Crippen molar-refractivity contribution in [3.05, 3.63) is 41.3 Å². The Balaban J connectivity index is 1.72. The van der Waals surface area contributed by atoms with Gasteiger partial charge in [0, 0.05) is 24.0 Å². The average molecular weight is 409 g/mol. The van der Waals surface area contributed by atoms with Crippen LogP contribution in [0.4, 0.5) is 0 Å². The number of benzene rings is 1. The van der Waals surface area contributed by atoms with Crippen molar-refractivity contribution < 1.29 is 17.9 Å². The Labute approximate surface area is 164 Å². The van der Waals surface area contributed by atoms with Gasteiger partial charge >= 0.3 is 0 Å². The zero-order chi connectivity index (χ0) is 19.4. The first-order valence-corrected chi connectivity index (χ1v) is 11.6. The number of hydrogen-bond acceptors (Lipinski definition) is 5. The normalized spacial score (nSPS) is 16.2. The maximum absolute atomic E-state index is 12.8. The lowest BCUT2D eigenvalue weighted by atomic mass is 10.1. The third-order valence-corrected chi connectivity index (χ3v) is 6.99. The molecule has 1 aromatic carbocycles. The van der Waals surface area contributed by atoms with Crippen molar-refractivity contribution >= 4 is 27.3 Å². The van der Waals surface area contributed by atoms with Crippen LogP contribution in [0.2, 0.25) is 0 Å². The summed E-state index contributed by atoms with van der Waals surface area (Å²) in [5, 5.41) is 3.04. The van der Waals surface area contributed by atoms with Crippen LogP contribution in [0.3, 0.4) is 0 Å². The molecule has 6 nitrogen and oxygen atoms in total. The van der Waals surface area contributed by atoms with Crippen molar-refractivity contribution in [2.24, 2.45) is 0 Å². The van der Waals surface area contributed by atoms with Gasteiger partial charge in [0.05, 0.1) is 12.9 Å². The first kappa shape index (κ1) is 19.9. The molecular formula is C19H24N2O4S2. The summed E-state index contributed by atoms with van der Waals surface area (Å²) in [6.45, 7) is 3.24. The Bertz CT molecular complexity index is 886. The Morgan fingerprint density at radius 3 is 2.52 bits per heavy atom. The monoisotopic (exact) mass is 408 g/mol. The number of piperidine rings is 1. The molecule has 1 saturated heterocycles. The number of carbonyl (C=O) groups excluding carboxylic acids is 1. The molecule has 0 unspecified atom stereocenters. The Kier molecular flexibility index (Phi) is 6.18. The van der Waals surface area contributed by atoms with E-state index in [1.165, 1.54) is 21.9 Å². The second-order valence-electron chi connectivity index (χ2n) is 6.51. The third kappa shape index (κ3) is 4.88. The molecule has 1 aliphatic rings. The van der Waals surface area contributed by atoms with Crippen LogP contribution >= 0.6 is 11.3 Å². The van der Waals surface area contributed by atoms with E-state index in [1.54, 1.807) is 0 Å². The zero-order valence-corrected chi connectivity index (χ0v) is 17.1. The molecule has 1 fully saturated rings. The van der Waals surface area contributed by atoms with E-state index in [2.05, 4.69) is 5.32 Å². The minimum atomic E-state index is -3.17. The highest BCUT2D eigenvalue weighted by atomic mass is 32.2. The number of hydrogen-bond donors (Lipinski definition) is 1. The van der Waals surface area contributed by atoms with Crippen molar-refractivity contribution in [3.8, 4) is 16.2 Å². The predicted molar refractivity (Wildman–Crippen MR) is 108 cm³/mol. The van der Waals surface area contributed by atoms with Gasteiger partial charge < -0.3 is 10.1 Å². The number of sulfonamides is 1. The smallest absolute Gasteiger partial charge is 0.265 e. The van der Waals surface area contributed by atoms with Gasteiger partial charge in [0.25, 0.3) is 5.91 Å². The lowest BCUT2D eigenvalue weighted by molar-refractivity contribution is 0.0924. The fraction of sp³-hybridized carbons (Fsp3) is 0.421. The van der Waals surface area contributed by atoms with Crippen molar-refractivity contribution in [2.75, 3.05) is 26.0 Å². The molecular weight excluding hydrogens is 384 g/mol.